The van der Waals surface area contributed by atoms with E-state index in [0.717, 1.165) is 42.5 Å². The van der Waals surface area contributed by atoms with Gasteiger partial charge in [-0.25, -0.2) is 31.1 Å². The summed E-state index contributed by atoms with van der Waals surface area (Å²) in [7, 11) is 0. The fourth-order valence-corrected chi connectivity index (χ4v) is 3.40. The number of esters is 1. The number of carbonyl (C=O) groups excluding carboxylic acids is 1. The first kappa shape index (κ1) is 25.8. The number of aliphatic hydroxyl groups is 1. The molecule has 10 heteroatoms. The average Bonchev–Trinajstić information content (AvgIpc) is 2.84. The molecule has 4 nitrogen and oxygen atoms in total. The first-order valence-corrected chi connectivity index (χ1v) is 10.6. The number of hydrogen-bond donors (Lipinski definition) is 1. The maximum atomic E-state index is 14.6. The molecule has 4 rings (SSSR count). The van der Waals surface area contributed by atoms with Crippen molar-refractivity contribution in [3.8, 4) is 11.5 Å². The number of ether oxygens (including phenoxy) is 2. The highest BCUT2D eigenvalue weighted by molar-refractivity contribution is 5.91. The number of hydrogen-bond acceptors (Lipinski definition) is 4. The standard InChI is InChI=1S/C27H16F6O4/c28-20-7-3-16(12-24(20)32)36-26(34)18-5-1-14(10-22(18)30)9-15-2-6-19(23(31)11-15)27(35)37-17-4-8-21(29)25(33)13-17/h1-8,10-13,26,34H,9H2. The van der Waals surface area contributed by atoms with Gasteiger partial charge in [-0.15, -0.1) is 0 Å². The third-order valence-corrected chi connectivity index (χ3v) is 5.23. The van der Waals surface area contributed by atoms with Gasteiger partial charge >= 0.3 is 5.97 Å². The molecule has 0 aliphatic carbocycles. The van der Waals surface area contributed by atoms with E-state index in [4.69, 9.17) is 9.47 Å². The molecule has 0 fully saturated rings. The quantitative estimate of drug-likeness (QED) is 0.133. The lowest BCUT2D eigenvalue weighted by atomic mass is 10.0. The lowest BCUT2D eigenvalue weighted by molar-refractivity contribution is -0.0222. The van der Waals surface area contributed by atoms with E-state index in [1.165, 1.54) is 18.2 Å². The Morgan fingerprint density at radius 3 is 1.81 bits per heavy atom. The smallest absolute Gasteiger partial charge is 0.346 e. The molecule has 0 amide bonds. The second-order valence-electron chi connectivity index (χ2n) is 7.86. The van der Waals surface area contributed by atoms with Crippen molar-refractivity contribution in [1.29, 1.82) is 0 Å². The van der Waals surface area contributed by atoms with Crippen molar-refractivity contribution in [2.75, 3.05) is 0 Å². The van der Waals surface area contributed by atoms with Gasteiger partial charge in [0.25, 0.3) is 0 Å². The van der Waals surface area contributed by atoms with Crippen LogP contribution in [-0.4, -0.2) is 11.1 Å². The number of benzene rings is 4. The monoisotopic (exact) mass is 518 g/mol. The van der Waals surface area contributed by atoms with E-state index in [-0.39, 0.29) is 23.5 Å². The summed E-state index contributed by atoms with van der Waals surface area (Å²) in [5.41, 5.74) is 0.0351. The Bertz CT molecular complexity index is 1470. The molecule has 0 aliphatic heterocycles. The van der Waals surface area contributed by atoms with E-state index in [1.807, 2.05) is 0 Å². The molecule has 1 unspecified atom stereocenters. The normalized spacial score (nSPS) is 11.8. The first-order chi connectivity index (χ1) is 17.6. The minimum absolute atomic E-state index is 0.0484. The topological polar surface area (TPSA) is 55.8 Å². The SMILES string of the molecule is O=C(Oc1ccc(F)c(F)c1)c1ccc(Cc2ccc(C(O)Oc3ccc(F)c(F)c3)c(F)c2)cc1F. The molecule has 4 aromatic rings. The van der Waals surface area contributed by atoms with Crippen LogP contribution in [-0.2, 0) is 6.42 Å². The molecule has 190 valence electrons. The summed E-state index contributed by atoms with van der Waals surface area (Å²) in [6.45, 7) is 0. The first-order valence-electron chi connectivity index (χ1n) is 10.6. The van der Waals surface area contributed by atoms with E-state index >= 15 is 0 Å². The van der Waals surface area contributed by atoms with Crippen molar-refractivity contribution >= 4 is 5.97 Å². The van der Waals surface area contributed by atoms with Crippen LogP contribution in [0.1, 0.15) is 33.3 Å². The number of halogens is 6. The number of aliphatic hydroxyl groups excluding tert-OH is 1. The highest BCUT2D eigenvalue weighted by Gasteiger charge is 2.18. The largest absolute Gasteiger partial charge is 0.461 e. The van der Waals surface area contributed by atoms with Gasteiger partial charge in [-0.1, -0.05) is 12.1 Å². The second kappa shape index (κ2) is 10.8. The molecule has 0 aromatic heterocycles. The summed E-state index contributed by atoms with van der Waals surface area (Å²) in [5.74, 6) is -8.13. The van der Waals surface area contributed by atoms with Crippen LogP contribution < -0.4 is 9.47 Å². The molecule has 0 saturated heterocycles. The van der Waals surface area contributed by atoms with E-state index in [2.05, 4.69) is 0 Å². The third kappa shape index (κ3) is 6.10. The Balaban J connectivity index is 1.43. The molecule has 1 N–H and O–H groups in total. The van der Waals surface area contributed by atoms with Crippen LogP contribution in [0.4, 0.5) is 26.3 Å². The molecule has 0 radical (unpaired) electrons. The van der Waals surface area contributed by atoms with Crippen molar-refractivity contribution in [1.82, 2.24) is 0 Å². The van der Waals surface area contributed by atoms with Gasteiger partial charge in [0.15, 0.2) is 23.3 Å². The molecule has 0 saturated carbocycles. The van der Waals surface area contributed by atoms with Crippen LogP contribution in [0.2, 0.25) is 0 Å². The Morgan fingerprint density at radius 2 is 1.22 bits per heavy atom. The van der Waals surface area contributed by atoms with E-state index in [0.29, 0.717) is 23.3 Å². The van der Waals surface area contributed by atoms with Crippen molar-refractivity contribution in [2.45, 2.75) is 12.7 Å². The molecule has 1 atom stereocenters. The van der Waals surface area contributed by atoms with E-state index in [1.54, 1.807) is 0 Å². The van der Waals surface area contributed by atoms with E-state index in [9.17, 15) is 36.2 Å². The predicted octanol–water partition coefficient (Wildman–Crippen LogP) is 6.40. The van der Waals surface area contributed by atoms with Gasteiger partial charge in [0.1, 0.15) is 23.1 Å². The Hall–Kier alpha value is -4.31. The molecule has 37 heavy (non-hydrogen) atoms. The Kier molecular flexibility index (Phi) is 7.49. The number of rotatable bonds is 7. The lowest BCUT2D eigenvalue weighted by Gasteiger charge is -2.15. The summed E-state index contributed by atoms with van der Waals surface area (Å²) in [6, 6.07) is 12.3. The van der Waals surface area contributed by atoms with Crippen LogP contribution in [0.15, 0.2) is 72.8 Å². The van der Waals surface area contributed by atoms with Gasteiger partial charge in [0, 0.05) is 12.1 Å². The third-order valence-electron chi connectivity index (χ3n) is 5.23. The maximum absolute atomic E-state index is 14.6. The lowest BCUT2D eigenvalue weighted by Crippen LogP contribution is -2.11. The van der Waals surface area contributed by atoms with Crippen molar-refractivity contribution in [3.05, 3.63) is 130 Å². The highest BCUT2D eigenvalue weighted by Crippen LogP contribution is 2.25. The Morgan fingerprint density at radius 1 is 0.649 bits per heavy atom. The van der Waals surface area contributed by atoms with Crippen LogP contribution in [0.5, 0.6) is 11.5 Å². The highest BCUT2D eigenvalue weighted by atomic mass is 19.2. The van der Waals surface area contributed by atoms with Gasteiger partial charge in [-0.2, -0.15) is 0 Å². The summed E-state index contributed by atoms with van der Waals surface area (Å²) in [5, 5.41) is 10.1. The summed E-state index contributed by atoms with van der Waals surface area (Å²) >= 11 is 0. The van der Waals surface area contributed by atoms with Crippen molar-refractivity contribution < 1.29 is 45.7 Å². The molecular formula is C27H16F6O4. The summed E-state index contributed by atoms with van der Waals surface area (Å²) in [6.07, 6.45) is -1.76. The summed E-state index contributed by atoms with van der Waals surface area (Å²) < 4.78 is 91.7. The molecule has 0 heterocycles. The van der Waals surface area contributed by atoms with Crippen LogP contribution >= 0.6 is 0 Å². The fraction of sp³-hybridized carbons (Fsp3) is 0.0741. The zero-order valence-electron chi connectivity index (χ0n) is 18.7. The zero-order valence-corrected chi connectivity index (χ0v) is 18.7. The van der Waals surface area contributed by atoms with Gasteiger partial charge in [0.2, 0.25) is 6.29 Å². The maximum Gasteiger partial charge on any atom is 0.346 e. The van der Waals surface area contributed by atoms with Gasteiger partial charge < -0.3 is 14.6 Å². The van der Waals surface area contributed by atoms with Gasteiger partial charge in [0.05, 0.1) is 11.1 Å². The molecule has 0 bridgehead atoms. The van der Waals surface area contributed by atoms with Gasteiger partial charge in [-0.05, 0) is 66.1 Å². The molecule has 4 aromatic carbocycles. The fourth-order valence-electron chi connectivity index (χ4n) is 3.40. The predicted molar refractivity (Wildman–Crippen MR) is 119 cm³/mol. The van der Waals surface area contributed by atoms with Crippen molar-refractivity contribution in [2.24, 2.45) is 0 Å². The zero-order chi connectivity index (χ0) is 26.7. The molecular weight excluding hydrogens is 502 g/mol. The Labute approximate surface area is 206 Å². The minimum Gasteiger partial charge on any atom is -0.461 e. The second-order valence-corrected chi connectivity index (χ2v) is 7.86. The van der Waals surface area contributed by atoms with E-state index < -0.39 is 52.7 Å². The van der Waals surface area contributed by atoms with Gasteiger partial charge in [-0.3, -0.25) is 0 Å². The van der Waals surface area contributed by atoms with Crippen LogP contribution in [0.25, 0.3) is 0 Å². The van der Waals surface area contributed by atoms with Crippen LogP contribution in [0.3, 0.4) is 0 Å². The molecule has 0 aliphatic rings. The summed E-state index contributed by atoms with van der Waals surface area (Å²) in [4.78, 5) is 12.2. The molecule has 0 spiro atoms. The minimum atomic E-state index is -1.81. The number of carbonyl (C=O) groups is 1. The average molecular weight is 518 g/mol. The van der Waals surface area contributed by atoms with Crippen LogP contribution in [0, 0.1) is 34.9 Å². The van der Waals surface area contributed by atoms with Crippen molar-refractivity contribution in [3.63, 3.8) is 0 Å².